The van der Waals surface area contributed by atoms with Crippen LogP contribution in [0.15, 0.2) is 78.5 Å². The van der Waals surface area contributed by atoms with Gasteiger partial charge in [-0.15, -0.1) is 0 Å². The van der Waals surface area contributed by atoms with E-state index in [1.165, 1.54) is 4.90 Å². The Morgan fingerprint density at radius 2 is 1.53 bits per heavy atom. The van der Waals surface area contributed by atoms with Crippen LogP contribution in [0.5, 0.6) is 5.75 Å². The van der Waals surface area contributed by atoms with Crippen molar-refractivity contribution in [1.29, 1.82) is 0 Å². The molecule has 0 spiro atoms. The van der Waals surface area contributed by atoms with Crippen molar-refractivity contribution in [1.82, 2.24) is 0 Å². The average Bonchev–Trinajstić information content (AvgIpc) is 2.98. The molecule has 0 atom stereocenters. The molecule has 3 aromatic carbocycles. The lowest BCUT2D eigenvalue weighted by Gasteiger charge is -2.16. The van der Waals surface area contributed by atoms with Crippen LogP contribution < -0.4 is 15.0 Å². The smallest absolute Gasteiger partial charge is 0.282 e. The van der Waals surface area contributed by atoms with Crippen molar-refractivity contribution < 1.29 is 14.3 Å². The predicted molar refractivity (Wildman–Crippen MR) is 118 cm³/mol. The van der Waals surface area contributed by atoms with Gasteiger partial charge in [-0.2, -0.15) is 0 Å². The van der Waals surface area contributed by atoms with Crippen LogP contribution in [0.1, 0.15) is 16.7 Å². The monoisotopic (exact) mass is 398 g/mol. The summed E-state index contributed by atoms with van der Waals surface area (Å²) in [6.07, 6.45) is 0. The zero-order chi connectivity index (χ0) is 21.3. The first-order chi connectivity index (χ1) is 14.5. The highest BCUT2D eigenvalue weighted by atomic mass is 16.5. The zero-order valence-corrected chi connectivity index (χ0v) is 17.1. The van der Waals surface area contributed by atoms with Gasteiger partial charge < -0.3 is 10.1 Å². The first kappa shape index (κ1) is 19.5. The molecule has 1 aliphatic rings. The first-order valence-electron chi connectivity index (χ1n) is 9.66. The van der Waals surface area contributed by atoms with E-state index in [9.17, 15) is 9.59 Å². The summed E-state index contributed by atoms with van der Waals surface area (Å²) in [6, 6.07) is 22.2. The number of methoxy groups -OCH3 is 1. The van der Waals surface area contributed by atoms with E-state index in [1.807, 2.05) is 74.5 Å². The SMILES string of the molecule is COc1cccc(NC2=C(c3ccc(C)cc3)C(=O)N(c3cccc(C)c3)C2=O)c1. The third-order valence-electron chi connectivity index (χ3n) is 5.02. The van der Waals surface area contributed by atoms with Crippen LogP contribution in [-0.2, 0) is 9.59 Å². The number of carbonyl (C=O) groups is 2. The molecular formula is C25H22N2O3. The summed E-state index contributed by atoms with van der Waals surface area (Å²) in [5.41, 5.74) is 4.56. The highest BCUT2D eigenvalue weighted by Crippen LogP contribution is 2.34. The average molecular weight is 398 g/mol. The maximum Gasteiger partial charge on any atom is 0.282 e. The lowest BCUT2D eigenvalue weighted by molar-refractivity contribution is -0.120. The van der Waals surface area contributed by atoms with E-state index in [4.69, 9.17) is 4.74 Å². The van der Waals surface area contributed by atoms with E-state index in [2.05, 4.69) is 5.32 Å². The van der Waals surface area contributed by atoms with Crippen molar-refractivity contribution in [3.63, 3.8) is 0 Å². The number of amides is 2. The number of nitrogens with one attached hydrogen (secondary N) is 1. The Hall–Kier alpha value is -3.86. The zero-order valence-electron chi connectivity index (χ0n) is 17.1. The second-order valence-corrected chi connectivity index (χ2v) is 7.26. The minimum Gasteiger partial charge on any atom is -0.497 e. The standard InChI is InChI=1S/C25H22N2O3/c1-16-10-12-18(13-11-16)22-23(26-19-7-5-9-21(15-19)30-3)25(29)27(24(22)28)20-8-4-6-17(2)14-20/h4-15,26H,1-3H3. The van der Waals surface area contributed by atoms with Crippen molar-refractivity contribution in [3.8, 4) is 5.75 Å². The molecule has 30 heavy (non-hydrogen) atoms. The summed E-state index contributed by atoms with van der Waals surface area (Å²) in [7, 11) is 1.58. The van der Waals surface area contributed by atoms with Gasteiger partial charge >= 0.3 is 0 Å². The largest absolute Gasteiger partial charge is 0.497 e. The number of ether oxygens (including phenoxy) is 1. The van der Waals surface area contributed by atoms with E-state index in [1.54, 1.807) is 19.2 Å². The number of anilines is 2. The molecule has 3 aromatic rings. The van der Waals surface area contributed by atoms with E-state index in [0.717, 1.165) is 11.1 Å². The molecule has 5 heteroatoms. The Bertz CT molecular complexity index is 1160. The third kappa shape index (κ3) is 3.57. The fourth-order valence-corrected chi connectivity index (χ4v) is 3.48. The van der Waals surface area contributed by atoms with Gasteiger partial charge in [0.1, 0.15) is 11.4 Å². The van der Waals surface area contributed by atoms with E-state index < -0.39 is 0 Å². The Morgan fingerprint density at radius 3 is 2.23 bits per heavy atom. The third-order valence-corrected chi connectivity index (χ3v) is 5.02. The van der Waals surface area contributed by atoms with Crippen molar-refractivity contribution in [2.24, 2.45) is 0 Å². The minimum absolute atomic E-state index is 0.249. The number of imide groups is 1. The van der Waals surface area contributed by atoms with Crippen molar-refractivity contribution in [2.75, 3.05) is 17.3 Å². The number of carbonyl (C=O) groups excluding carboxylic acids is 2. The lowest BCUT2D eigenvalue weighted by atomic mass is 10.0. The van der Waals surface area contributed by atoms with Crippen LogP contribution in [0.4, 0.5) is 11.4 Å². The molecule has 0 saturated carbocycles. The summed E-state index contributed by atoms with van der Waals surface area (Å²) in [5, 5.41) is 3.16. The maximum absolute atomic E-state index is 13.4. The fourth-order valence-electron chi connectivity index (χ4n) is 3.48. The minimum atomic E-state index is -0.385. The molecule has 0 aliphatic carbocycles. The predicted octanol–water partition coefficient (Wildman–Crippen LogP) is 4.71. The number of hydrogen-bond acceptors (Lipinski definition) is 4. The van der Waals surface area contributed by atoms with Gasteiger partial charge in [-0.3, -0.25) is 9.59 Å². The Kier molecular flexibility index (Phi) is 5.11. The van der Waals surface area contributed by atoms with E-state index in [0.29, 0.717) is 28.3 Å². The molecule has 5 nitrogen and oxygen atoms in total. The molecule has 0 bridgehead atoms. The van der Waals surface area contributed by atoms with E-state index in [-0.39, 0.29) is 17.5 Å². The highest BCUT2D eigenvalue weighted by Gasteiger charge is 2.40. The second kappa shape index (κ2) is 7.87. The Morgan fingerprint density at radius 1 is 0.800 bits per heavy atom. The first-order valence-corrected chi connectivity index (χ1v) is 9.66. The van der Waals surface area contributed by atoms with Gasteiger partial charge in [-0.1, -0.05) is 48.0 Å². The Labute approximate surface area is 175 Å². The van der Waals surface area contributed by atoms with Crippen molar-refractivity contribution in [3.05, 3.63) is 95.2 Å². The van der Waals surface area contributed by atoms with Gasteiger partial charge in [0.2, 0.25) is 0 Å². The summed E-state index contributed by atoms with van der Waals surface area (Å²) in [6.45, 7) is 3.91. The highest BCUT2D eigenvalue weighted by molar-refractivity contribution is 6.46. The lowest BCUT2D eigenvalue weighted by Crippen LogP contribution is -2.32. The van der Waals surface area contributed by atoms with Crippen LogP contribution in [0.3, 0.4) is 0 Å². The van der Waals surface area contributed by atoms with Crippen molar-refractivity contribution in [2.45, 2.75) is 13.8 Å². The van der Waals surface area contributed by atoms with Gasteiger partial charge in [0, 0.05) is 11.8 Å². The van der Waals surface area contributed by atoms with Gasteiger partial charge in [0.15, 0.2) is 0 Å². The van der Waals surface area contributed by atoms with E-state index >= 15 is 0 Å². The van der Waals surface area contributed by atoms with Crippen LogP contribution in [0.25, 0.3) is 5.57 Å². The summed E-state index contributed by atoms with van der Waals surface area (Å²) < 4.78 is 5.28. The molecule has 4 rings (SSSR count). The van der Waals surface area contributed by atoms with Crippen LogP contribution in [0.2, 0.25) is 0 Å². The van der Waals surface area contributed by atoms with Crippen molar-refractivity contribution >= 4 is 28.8 Å². The maximum atomic E-state index is 13.4. The molecule has 150 valence electrons. The second-order valence-electron chi connectivity index (χ2n) is 7.26. The van der Waals surface area contributed by atoms with Gasteiger partial charge in [0.25, 0.3) is 11.8 Å². The van der Waals surface area contributed by atoms with Gasteiger partial charge in [-0.05, 0) is 49.2 Å². The molecular weight excluding hydrogens is 376 g/mol. The summed E-state index contributed by atoms with van der Waals surface area (Å²) in [5.74, 6) is -0.0753. The quantitative estimate of drug-likeness (QED) is 0.633. The topological polar surface area (TPSA) is 58.6 Å². The molecule has 2 amide bonds. The summed E-state index contributed by atoms with van der Waals surface area (Å²) >= 11 is 0. The van der Waals surface area contributed by atoms with Crippen LogP contribution in [-0.4, -0.2) is 18.9 Å². The number of benzene rings is 3. The fraction of sp³-hybridized carbons (Fsp3) is 0.120. The number of rotatable bonds is 5. The van der Waals surface area contributed by atoms with Crippen LogP contribution in [0, 0.1) is 13.8 Å². The number of nitrogens with zero attached hydrogens (tertiary/aromatic N) is 1. The molecule has 0 saturated heterocycles. The molecule has 1 N–H and O–H groups in total. The molecule has 1 aliphatic heterocycles. The van der Waals surface area contributed by atoms with Gasteiger partial charge in [0.05, 0.1) is 18.4 Å². The van der Waals surface area contributed by atoms with Crippen LogP contribution >= 0.6 is 0 Å². The number of hydrogen-bond donors (Lipinski definition) is 1. The Balaban J connectivity index is 1.82. The number of aryl methyl sites for hydroxylation is 2. The molecule has 1 heterocycles. The van der Waals surface area contributed by atoms with Gasteiger partial charge in [-0.25, -0.2) is 4.90 Å². The summed E-state index contributed by atoms with van der Waals surface area (Å²) in [4.78, 5) is 28.0. The molecule has 0 fully saturated rings. The molecule has 0 unspecified atom stereocenters. The molecule has 0 radical (unpaired) electrons. The normalized spacial score (nSPS) is 13.8. The molecule has 0 aromatic heterocycles.